The second-order valence-corrected chi connectivity index (χ2v) is 10.9. The molecule has 2 heterocycles. The summed E-state index contributed by atoms with van der Waals surface area (Å²) in [4.78, 5) is 14.9. The van der Waals surface area contributed by atoms with Gasteiger partial charge in [-0.3, -0.25) is 0 Å². The molecule has 0 saturated carbocycles. The number of aromatic nitrogens is 3. The summed E-state index contributed by atoms with van der Waals surface area (Å²) in [5.41, 5.74) is 11.7. The minimum Gasteiger partial charge on any atom is -0.436 e. The maximum Gasteiger partial charge on any atom is 0.227 e. The van der Waals surface area contributed by atoms with Crippen LogP contribution in [-0.4, -0.2) is 15.0 Å². The summed E-state index contributed by atoms with van der Waals surface area (Å²) in [5, 5.41) is 0. The number of fused-ring (bicyclic) bond motifs is 1. The van der Waals surface area contributed by atoms with Gasteiger partial charge in [-0.15, -0.1) is 0 Å². The van der Waals surface area contributed by atoms with Crippen molar-refractivity contribution in [3.05, 3.63) is 164 Å². The minimum absolute atomic E-state index is 0.592. The lowest BCUT2D eigenvalue weighted by Gasteiger charge is -2.11. The molecule has 0 radical (unpaired) electrons. The Morgan fingerprint density at radius 3 is 1.53 bits per heavy atom. The lowest BCUT2D eigenvalue weighted by atomic mass is 9.99. The van der Waals surface area contributed by atoms with Gasteiger partial charge in [0.2, 0.25) is 5.89 Å². The largest absolute Gasteiger partial charge is 0.436 e. The summed E-state index contributed by atoms with van der Waals surface area (Å²) < 4.78 is 6.20. The van der Waals surface area contributed by atoms with E-state index in [4.69, 9.17) is 19.4 Å². The Hall–Kier alpha value is -6.13. The Balaban J connectivity index is 1.24. The van der Waals surface area contributed by atoms with Crippen molar-refractivity contribution < 1.29 is 4.42 Å². The second-order valence-electron chi connectivity index (χ2n) is 10.9. The van der Waals surface area contributed by atoms with Crippen molar-refractivity contribution >= 4 is 11.1 Å². The first-order chi connectivity index (χ1) is 22.3. The summed E-state index contributed by atoms with van der Waals surface area (Å²) in [6.45, 7) is 0. The van der Waals surface area contributed by atoms with Crippen molar-refractivity contribution in [2.75, 3.05) is 0 Å². The molecule has 45 heavy (non-hydrogen) atoms. The first-order valence-electron chi connectivity index (χ1n) is 14.9. The van der Waals surface area contributed by atoms with Gasteiger partial charge < -0.3 is 4.42 Å². The minimum atomic E-state index is 0.592. The van der Waals surface area contributed by atoms with Crippen LogP contribution in [0.5, 0.6) is 0 Å². The molecule has 8 rings (SSSR count). The molecule has 212 valence electrons. The maximum atomic E-state index is 6.20. The van der Waals surface area contributed by atoms with Gasteiger partial charge in [0.25, 0.3) is 0 Å². The standard InChI is InChI=1S/C41H27N3O/c1-4-11-28(12-5-1)30-19-21-31(22-20-30)37-27-38(34-18-10-17-33(25-34)29-13-6-2-7-14-29)43-40(42-37)35-23-24-36-39(26-35)45-41(44-36)32-15-8-3-9-16-32/h1-27H. The second kappa shape index (κ2) is 11.5. The van der Waals surface area contributed by atoms with Crippen molar-refractivity contribution in [2.45, 2.75) is 0 Å². The van der Waals surface area contributed by atoms with E-state index in [1.165, 1.54) is 5.56 Å². The van der Waals surface area contributed by atoms with Crippen molar-refractivity contribution in [1.29, 1.82) is 0 Å². The third-order valence-corrected chi connectivity index (χ3v) is 7.95. The Labute approximate surface area is 261 Å². The van der Waals surface area contributed by atoms with E-state index < -0.39 is 0 Å². The van der Waals surface area contributed by atoms with E-state index >= 15 is 0 Å². The lowest BCUT2D eigenvalue weighted by Crippen LogP contribution is -1.96. The zero-order chi connectivity index (χ0) is 30.0. The molecular formula is C41H27N3O. The molecule has 2 aromatic heterocycles. The van der Waals surface area contributed by atoms with Gasteiger partial charge in [0.05, 0.1) is 11.4 Å². The van der Waals surface area contributed by atoms with E-state index in [-0.39, 0.29) is 0 Å². The molecule has 0 aliphatic heterocycles. The fourth-order valence-electron chi connectivity index (χ4n) is 5.59. The van der Waals surface area contributed by atoms with E-state index in [1.54, 1.807) is 0 Å². The fourth-order valence-corrected chi connectivity index (χ4v) is 5.59. The van der Waals surface area contributed by atoms with Crippen LogP contribution in [0.3, 0.4) is 0 Å². The quantitative estimate of drug-likeness (QED) is 0.197. The summed E-state index contributed by atoms with van der Waals surface area (Å²) in [5.74, 6) is 1.22. The van der Waals surface area contributed by atoms with E-state index in [0.29, 0.717) is 17.3 Å². The zero-order valence-electron chi connectivity index (χ0n) is 24.3. The average Bonchev–Trinajstić information content (AvgIpc) is 3.57. The molecule has 4 nitrogen and oxygen atoms in total. The first-order valence-corrected chi connectivity index (χ1v) is 14.9. The molecule has 0 aliphatic rings. The van der Waals surface area contributed by atoms with Crippen LogP contribution in [0.4, 0.5) is 0 Å². The SMILES string of the molecule is c1ccc(-c2ccc(-c3cc(-c4cccc(-c5ccccc5)c4)nc(-c4ccc5nc(-c6ccccc6)oc5c4)n3)cc2)cc1. The van der Waals surface area contributed by atoms with E-state index in [1.807, 2.05) is 60.7 Å². The van der Waals surface area contributed by atoms with Crippen LogP contribution in [0.1, 0.15) is 0 Å². The van der Waals surface area contributed by atoms with Gasteiger partial charge in [-0.25, -0.2) is 15.0 Å². The van der Waals surface area contributed by atoms with E-state index in [9.17, 15) is 0 Å². The number of hydrogen-bond donors (Lipinski definition) is 0. The van der Waals surface area contributed by atoms with Gasteiger partial charge in [0.15, 0.2) is 11.4 Å². The predicted octanol–water partition coefficient (Wildman–Crippen LogP) is 10.6. The van der Waals surface area contributed by atoms with E-state index in [2.05, 4.69) is 103 Å². The number of benzene rings is 6. The Bertz CT molecular complexity index is 2240. The zero-order valence-corrected chi connectivity index (χ0v) is 24.3. The molecule has 0 bridgehead atoms. The highest BCUT2D eigenvalue weighted by atomic mass is 16.3. The fraction of sp³-hybridized carbons (Fsp3) is 0. The van der Waals surface area contributed by atoms with Gasteiger partial charge in [-0.1, -0.05) is 121 Å². The molecule has 0 amide bonds. The van der Waals surface area contributed by atoms with Crippen LogP contribution in [0.2, 0.25) is 0 Å². The predicted molar refractivity (Wildman–Crippen MR) is 182 cm³/mol. The van der Waals surface area contributed by atoms with Crippen molar-refractivity contribution in [3.8, 4) is 67.6 Å². The lowest BCUT2D eigenvalue weighted by molar-refractivity contribution is 0.620. The topological polar surface area (TPSA) is 51.8 Å². The first kappa shape index (κ1) is 26.5. The Kier molecular flexibility index (Phi) is 6.78. The highest BCUT2D eigenvalue weighted by Gasteiger charge is 2.14. The normalized spacial score (nSPS) is 11.1. The third kappa shape index (κ3) is 5.41. The summed E-state index contributed by atoms with van der Waals surface area (Å²) in [6, 6.07) is 55.9. The highest BCUT2D eigenvalue weighted by Crippen LogP contribution is 2.33. The molecule has 0 N–H and O–H groups in total. The summed E-state index contributed by atoms with van der Waals surface area (Å²) >= 11 is 0. The van der Waals surface area contributed by atoms with E-state index in [0.717, 1.165) is 55.8 Å². The molecule has 0 unspecified atom stereocenters. The van der Waals surface area contributed by atoms with Crippen LogP contribution in [-0.2, 0) is 0 Å². The monoisotopic (exact) mass is 577 g/mol. The number of nitrogens with zero attached hydrogens (tertiary/aromatic N) is 3. The van der Waals surface area contributed by atoms with Crippen LogP contribution in [0, 0.1) is 0 Å². The molecular weight excluding hydrogens is 550 g/mol. The van der Waals surface area contributed by atoms with Crippen molar-refractivity contribution in [1.82, 2.24) is 15.0 Å². The number of rotatable bonds is 6. The molecule has 0 fully saturated rings. The van der Waals surface area contributed by atoms with Crippen LogP contribution in [0.15, 0.2) is 168 Å². The molecule has 8 aromatic rings. The molecule has 0 aliphatic carbocycles. The van der Waals surface area contributed by atoms with Gasteiger partial charge in [0.1, 0.15) is 5.52 Å². The number of hydrogen-bond acceptors (Lipinski definition) is 4. The average molecular weight is 578 g/mol. The van der Waals surface area contributed by atoms with Crippen molar-refractivity contribution in [3.63, 3.8) is 0 Å². The summed E-state index contributed by atoms with van der Waals surface area (Å²) in [6.07, 6.45) is 0. The van der Waals surface area contributed by atoms with Crippen LogP contribution < -0.4 is 0 Å². The van der Waals surface area contributed by atoms with Gasteiger partial charge in [0, 0.05) is 22.3 Å². The highest BCUT2D eigenvalue weighted by molar-refractivity contribution is 5.82. The van der Waals surface area contributed by atoms with Gasteiger partial charge >= 0.3 is 0 Å². The van der Waals surface area contributed by atoms with Gasteiger partial charge in [-0.2, -0.15) is 0 Å². The van der Waals surface area contributed by atoms with Crippen LogP contribution >= 0.6 is 0 Å². The Morgan fingerprint density at radius 1 is 0.333 bits per heavy atom. The molecule has 4 heteroatoms. The summed E-state index contributed by atoms with van der Waals surface area (Å²) in [7, 11) is 0. The van der Waals surface area contributed by atoms with Crippen LogP contribution in [0.25, 0.3) is 78.7 Å². The molecule has 0 saturated heterocycles. The molecule has 0 spiro atoms. The smallest absolute Gasteiger partial charge is 0.227 e. The maximum absolute atomic E-state index is 6.20. The van der Waals surface area contributed by atoms with Crippen molar-refractivity contribution in [2.24, 2.45) is 0 Å². The molecule has 0 atom stereocenters. The van der Waals surface area contributed by atoms with Gasteiger partial charge in [-0.05, 0) is 64.7 Å². The Morgan fingerprint density at radius 2 is 0.844 bits per heavy atom. The number of oxazole rings is 1. The third-order valence-electron chi connectivity index (χ3n) is 7.95. The molecule has 6 aromatic carbocycles.